The van der Waals surface area contributed by atoms with Gasteiger partial charge in [0.25, 0.3) is 5.91 Å². The van der Waals surface area contributed by atoms with Crippen LogP contribution in [0.15, 0.2) is 65.7 Å². The van der Waals surface area contributed by atoms with Crippen molar-refractivity contribution >= 4 is 11.9 Å². The predicted molar refractivity (Wildman–Crippen MR) is 109 cm³/mol. The van der Waals surface area contributed by atoms with E-state index in [-0.39, 0.29) is 5.91 Å². The van der Waals surface area contributed by atoms with E-state index in [9.17, 15) is 4.79 Å². The van der Waals surface area contributed by atoms with Gasteiger partial charge in [-0.2, -0.15) is 0 Å². The van der Waals surface area contributed by atoms with E-state index in [4.69, 9.17) is 4.74 Å². The number of aliphatic imine (C=N–C) groups is 1. The van der Waals surface area contributed by atoms with Crippen molar-refractivity contribution in [3.05, 3.63) is 66.2 Å². The first-order valence-electron chi connectivity index (χ1n) is 9.33. The molecule has 0 spiro atoms. The molecule has 0 aliphatic carbocycles. The number of rotatable bonds is 10. The second-order valence-electron chi connectivity index (χ2n) is 5.82. The topological polar surface area (TPSA) is 74.8 Å². The minimum absolute atomic E-state index is 0.0531. The third kappa shape index (κ3) is 8.27. The number of hydrogen-bond acceptors (Lipinski definition) is 3. The van der Waals surface area contributed by atoms with Crippen LogP contribution in [-0.4, -0.2) is 44.7 Å². The molecule has 0 aromatic heterocycles. The minimum atomic E-state index is -0.0531. The fourth-order valence-electron chi connectivity index (χ4n) is 2.36. The normalized spacial score (nSPS) is 10.9. The number of nitrogens with one attached hydrogen (secondary N) is 3. The second-order valence-corrected chi connectivity index (χ2v) is 5.82. The van der Waals surface area contributed by atoms with Gasteiger partial charge in [0, 0.05) is 25.2 Å². The van der Waals surface area contributed by atoms with Crippen LogP contribution in [0.25, 0.3) is 0 Å². The lowest BCUT2D eigenvalue weighted by Crippen LogP contribution is -2.39. The van der Waals surface area contributed by atoms with Crippen LogP contribution in [0.3, 0.4) is 0 Å². The van der Waals surface area contributed by atoms with E-state index in [0.717, 1.165) is 24.7 Å². The summed E-state index contributed by atoms with van der Waals surface area (Å²) in [5.74, 6) is 1.56. The van der Waals surface area contributed by atoms with E-state index in [0.29, 0.717) is 31.8 Å². The fraction of sp³-hybridized carbons (Fsp3) is 0.333. The molecule has 144 valence electrons. The molecule has 2 rings (SSSR count). The van der Waals surface area contributed by atoms with Gasteiger partial charge in [-0.1, -0.05) is 36.4 Å². The number of benzene rings is 2. The minimum Gasteiger partial charge on any atom is -0.492 e. The largest absolute Gasteiger partial charge is 0.492 e. The first-order valence-corrected chi connectivity index (χ1v) is 9.33. The lowest BCUT2D eigenvalue weighted by Gasteiger charge is -2.12. The zero-order chi connectivity index (χ0) is 19.2. The van der Waals surface area contributed by atoms with Crippen LogP contribution in [-0.2, 0) is 0 Å². The molecule has 6 heteroatoms. The molecular formula is C21H28N4O2. The maximum atomic E-state index is 12.0. The molecule has 0 fully saturated rings. The standard InChI is InChI=1S/C21H28N4O2/c1-2-22-21(25-16-17-27-19-12-7-4-8-13-19)24-15-9-14-23-20(26)18-10-5-3-6-11-18/h3-8,10-13H,2,9,14-17H2,1H3,(H,23,26)(H2,22,24,25). The highest BCUT2D eigenvalue weighted by molar-refractivity contribution is 5.94. The molecule has 27 heavy (non-hydrogen) atoms. The molecular weight excluding hydrogens is 340 g/mol. The average molecular weight is 368 g/mol. The summed E-state index contributed by atoms with van der Waals surface area (Å²) in [4.78, 5) is 16.5. The molecule has 2 aromatic carbocycles. The predicted octanol–water partition coefficient (Wildman–Crippen LogP) is 2.44. The van der Waals surface area contributed by atoms with Crippen molar-refractivity contribution in [1.29, 1.82) is 0 Å². The third-order valence-electron chi connectivity index (χ3n) is 3.68. The second kappa shape index (κ2) is 12.4. The molecule has 0 aliphatic heterocycles. The molecule has 0 heterocycles. The Labute approximate surface area is 161 Å². The molecule has 0 saturated carbocycles. The van der Waals surface area contributed by atoms with Crippen LogP contribution in [0, 0.1) is 0 Å². The van der Waals surface area contributed by atoms with E-state index < -0.39 is 0 Å². The van der Waals surface area contributed by atoms with Crippen LogP contribution >= 0.6 is 0 Å². The van der Waals surface area contributed by atoms with Crippen molar-refractivity contribution < 1.29 is 9.53 Å². The molecule has 6 nitrogen and oxygen atoms in total. The Morgan fingerprint density at radius 2 is 1.63 bits per heavy atom. The number of nitrogens with zero attached hydrogens (tertiary/aromatic N) is 1. The van der Waals surface area contributed by atoms with E-state index in [1.54, 1.807) is 12.1 Å². The van der Waals surface area contributed by atoms with E-state index >= 15 is 0 Å². The first-order chi connectivity index (χ1) is 13.3. The molecule has 0 saturated heterocycles. The van der Waals surface area contributed by atoms with Gasteiger partial charge < -0.3 is 20.7 Å². The first kappa shape index (κ1) is 20.3. The summed E-state index contributed by atoms with van der Waals surface area (Å²) in [5.41, 5.74) is 0.675. The Kier molecular flexibility index (Phi) is 9.28. The molecule has 0 radical (unpaired) electrons. The van der Waals surface area contributed by atoms with Gasteiger partial charge in [-0.15, -0.1) is 0 Å². The number of ether oxygens (including phenoxy) is 1. The van der Waals surface area contributed by atoms with Crippen molar-refractivity contribution in [1.82, 2.24) is 16.0 Å². The van der Waals surface area contributed by atoms with Gasteiger partial charge in [0.15, 0.2) is 5.96 Å². The number of para-hydroxylation sites is 1. The molecule has 0 unspecified atom stereocenters. The number of carbonyl (C=O) groups excluding carboxylic acids is 1. The summed E-state index contributed by atoms with van der Waals surface area (Å²) in [6, 6.07) is 18.9. The molecule has 0 aliphatic rings. The molecule has 0 atom stereocenters. The summed E-state index contributed by atoms with van der Waals surface area (Å²) >= 11 is 0. The van der Waals surface area contributed by atoms with Crippen LogP contribution in [0.2, 0.25) is 0 Å². The Morgan fingerprint density at radius 3 is 2.33 bits per heavy atom. The van der Waals surface area contributed by atoms with Crippen LogP contribution in [0.5, 0.6) is 5.75 Å². The SMILES string of the molecule is CCNC(=NCCCNC(=O)c1ccccc1)NCCOc1ccccc1. The zero-order valence-corrected chi connectivity index (χ0v) is 15.8. The maximum Gasteiger partial charge on any atom is 0.251 e. The van der Waals surface area contributed by atoms with Crippen molar-refractivity contribution in [2.75, 3.05) is 32.8 Å². The van der Waals surface area contributed by atoms with Crippen LogP contribution in [0.4, 0.5) is 0 Å². The van der Waals surface area contributed by atoms with Gasteiger partial charge in [0.2, 0.25) is 0 Å². The summed E-state index contributed by atoms with van der Waals surface area (Å²) in [7, 11) is 0. The van der Waals surface area contributed by atoms with Crippen molar-refractivity contribution in [3.63, 3.8) is 0 Å². The van der Waals surface area contributed by atoms with E-state index in [2.05, 4.69) is 20.9 Å². The van der Waals surface area contributed by atoms with Gasteiger partial charge in [0.1, 0.15) is 12.4 Å². The molecule has 3 N–H and O–H groups in total. The van der Waals surface area contributed by atoms with Crippen molar-refractivity contribution in [3.8, 4) is 5.75 Å². The zero-order valence-electron chi connectivity index (χ0n) is 15.8. The summed E-state index contributed by atoms with van der Waals surface area (Å²) in [6.07, 6.45) is 0.773. The Balaban J connectivity index is 1.63. The highest BCUT2D eigenvalue weighted by Crippen LogP contribution is 2.07. The highest BCUT2D eigenvalue weighted by Gasteiger charge is 2.02. The fourth-order valence-corrected chi connectivity index (χ4v) is 2.36. The van der Waals surface area contributed by atoms with Gasteiger partial charge in [0.05, 0.1) is 6.54 Å². The Morgan fingerprint density at radius 1 is 0.926 bits per heavy atom. The summed E-state index contributed by atoms with van der Waals surface area (Å²) < 4.78 is 5.65. The number of carbonyl (C=O) groups is 1. The molecule has 1 amide bonds. The lowest BCUT2D eigenvalue weighted by atomic mass is 10.2. The number of guanidine groups is 1. The van der Waals surface area contributed by atoms with Crippen LogP contribution < -0.4 is 20.7 Å². The van der Waals surface area contributed by atoms with E-state index in [1.165, 1.54) is 0 Å². The average Bonchev–Trinajstić information content (AvgIpc) is 2.72. The quantitative estimate of drug-likeness (QED) is 0.342. The van der Waals surface area contributed by atoms with Gasteiger partial charge in [-0.25, -0.2) is 0 Å². The van der Waals surface area contributed by atoms with E-state index in [1.807, 2.05) is 55.5 Å². The van der Waals surface area contributed by atoms with Gasteiger partial charge >= 0.3 is 0 Å². The monoisotopic (exact) mass is 368 g/mol. The molecule has 2 aromatic rings. The van der Waals surface area contributed by atoms with Crippen LogP contribution in [0.1, 0.15) is 23.7 Å². The molecule has 0 bridgehead atoms. The summed E-state index contributed by atoms with van der Waals surface area (Å²) in [6.45, 7) is 5.25. The Bertz CT molecular complexity index is 690. The van der Waals surface area contributed by atoms with Gasteiger partial charge in [-0.3, -0.25) is 9.79 Å². The van der Waals surface area contributed by atoms with Crippen molar-refractivity contribution in [2.24, 2.45) is 4.99 Å². The maximum absolute atomic E-state index is 12.0. The lowest BCUT2D eigenvalue weighted by molar-refractivity contribution is 0.0953. The number of hydrogen-bond donors (Lipinski definition) is 3. The summed E-state index contributed by atoms with van der Waals surface area (Å²) in [5, 5.41) is 9.35. The Hall–Kier alpha value is -3.02. The smallest absolute Gasteiger partial charge is 0.251 e. The number of amides is 1. The highest BCUT2D eigenvalue weighted by atomic mass is 16.5. The van der Waals surface area contributed by atoms with Crippen molar-refractivity contribution in [2.45, 2.75) is 13.3 Å². The third-order valence-corrected chi connectivity index (χ3v) is 3.68. The van der Waals surface area contributed by atoms with Gasteiger partial charge in [-0.05, 0) is 37.6 Å².